The first-order valence-electron chi connectivity index (χ1n) is 6.22. The van der Waals surface area contributed by atoms with E-state index in [0.717, 1.165) is 12.8 Å². The quantitative estimate of drug-likeness (QED) is 0.761. The maximum Gasteiger partial charge on any atom is 0.169 e. The van der Waals surface area contributed by atoms with E-state index in [4.69, 9.17) is 9.47 Å². The zero-order valence-electron chi connectivity index (χ0n) is 10.6. The van der Waals surface area contributed by atoms with Crippen LogP contribution in [0.15, 0.2) is 24.3 Å². The molecule has 0 unspecified atom stereocenters. The van der Waals surface area contributed by atoms with Crippen molar-refractivity contribution >= 4 is 22.6 Å². The van der Waals surface area contributed by atoms with Crippen molar-refractivity contribution in [3.8, 4) is 0 Å². The van der Waals surface area contributed by atoms with Gasteiger partial charge in [0.15, 0.2) is 5.79 Å². The second kappa shape index (κ2) is 5.24. The van der Waals surface area contributed by atoms with Crippen molar-refractivity contribution in [3.63, 3.8) is 0 Å². The van der Waals surface area contributed by atoms with Crippen LogP contribution in [0.3, 0.4) is 0 Å². The Morgan fingerprint density at radius 3 is 2.35 bits per heavy atom. The Bertz CT molecular complexity index is 388. The van der Waals surface area contributed by atoms with Crippen molar-refractivity contribution < 1.29 is 9.47 Å². The van der Waals surface area contributed by atoms with Gasteiger partial charge in [-0.2, -0.15) is 0 Å². The van der Waals surface area contributed by atoms with Crippen LogP contribution in [0.5, 0.6) is 0 Å². The van der Waals surface area contributed by atoms with E-state index in [1.807, 2.05) is 0 Å². The average Bonchev–Trinajstić information content (AvgIpc) is 2.68. The normalized spacial score (nSPS) is 27.3. The Kier molecular flexibility index (Phi) is 4.10. The second-order valence-corrected chi connectivity index (χ2v) is 5.66. The molecule has 0 spiro atoms. The van der Waals surface area contributed by atoms with Gasteiger partial charge in [0, 0.05) is 3.57 Å². The van der Waals surface area contributed by atoms with E-state index < -0.39 is 0 Å². The Hall–Kier alpha value is -0.130. The number of benzene rings is 1. The predicted molar refractivity (Wildman–Crippen MR) is 76.8 cm³/mol. The fraction of sp³-hybridized carbons (Fsp3) is 0.571. The predicted octanol–water partition coefficient (Wildman–Crippen LogP) is 4.28. The number of halogens is 1. The average molecular weight is 346 g/mol. The molecule has 0 radical (unpaired) electrons. The molecule has 2 rings (SSSR count). The van der Waals surface area contributed by atoms with Gasteiger partial charge in [-0.05, 0) is 54.0 Å². The Morgan fingerprint density at radius 1 is 1.18 bits per heavy atom. The molecule has 1 aromatic carbocycles. The monoisotopic (exact) mass is 346 g/mol. The van der Waals surface area contributed by atoms with Gasteiger partial charge < -0.3 is 9.47 Å². The minimum absolute atomic E-state index is 0.0583. The summed E-state index contributed by atoms with van der Waals surface area (Å²) in [6, 6.07) is 8.36. The molecule has 1 aromatic rings. The number of rotatable bonds is 3. The van der Waals surface area contributed by atoms with Crippen molar-refractivity contribution in [2.24, 2.45) is 0 Å². The van der Waals surface area contributed by atoms with Crippen LogP contribution in [0, 0.1) is 3.57 Å². The SMILES string of the molecule is CCC1(CC)O[C@@H](C)[C@H](c2ccccc2I)O1. The lowest BCUT2D eigenvalue weighted by atomic mass is 10.1. The van der Waals surface area contributed by atoms with E-state index in [0.29, 0.717) is 0 Å². The highest BCUT2D eigenvalue weighted by atomic mass is 127. The molecule has 1 aliphatic heterocycles. The fourth-order valence-electron chi connectivity index (χ4n) is 2.36. The summed E-state index contributed by atoms with van der Waals surface area (Å²) in [5.41, 5.74) is 1.24. The lowest BCUT2D eigenvalue weighted by molar-refractivity contribution is -0.178. The van der Waals surface area contributed by atoms with Crippen LogP contribution >= 0.6 is 22.6 Å². The Balaban J connectivity index is 2.27. The number of ether oxygens (including phenoxy) is 2. The first-order valence-corrected chi connectivity index (χ1v) is 7.30. The van der Waals surface area contributed by atoms with Gasteiger partial charge in [-0.25, -0.2) is 0 Å². The minimum atomic E-state index is -0.386. The summed E-state index contributed by atoms with van der Waals surface area (Å²) < 4.78 is 13.5. The Morgan fingerprint density at radius 2 is 1.82 bits per heavy atom. The Labute approximate surface area is 117 Å². The zero-order valence-corrected chi connectivity index (χ0v) is 12.7. The van der Waals surface area contributed by atoms with Crippen LogP contribution in [0.2, 0.25) is 0 Å². The van der Waals surface area contributed by atoms with Crippen LogP contribution in [0.1, 0.15) is 45.3 Å². The zero-order chi connectivity index (χ0) is 12.5. The van der Waals surface area contributed by atoms with Crippen LogP contribution in [0.25, 0.3) is 0 Å². The van der Waals surface area contributed by atoms with E-state index in [2.05, 4.69) is 67.6 Å². The molecule has 0 bridgehead atoms. The van der Waals surface area contributed by atoms with Crippen LogP contribution < -0.4 is 0 Å². The first-order chi connectivity index (χ1) is 8.12. The van der Waals surface area contributed by atoms with Crippen LogP contribution in [0.4, 0.5) is 0 Å². The molecule has 0 saturated carbocycles. The van der Waals surface area contributed by atoms with E-state index >= 15 is 0 Å². The van der Waals surface area contributed by atoms with Crippen LogP contribution in [-0.4, -0.2) is 11.9 Å². The topological polar surface area (TPSA) is 18.5 Å². The molecule has 1 fully saturated rings. The summed E-state index contributed by atoms with van der Waals surface area (Å²) in [5.74, 6) is -0.386. The number of hydrogen-bond donors (Lipinski definition) is 0. The van der Waals surface area contributed by atoms with Crippen molar-refractivity contribution in [2.45, 2.75) is 51.6 Å². The van der Waals surface area contributed by atoms with Gasteiger partial charge in [-0.3, -0.25) is 0 Å². The van der Waals surface area contributed by atoms with Gasteiger partial charge in [0.2, 0.25) is 0 Å². The van der Waals surface area contributed by atoms with Gasteiger partial charge in [0.05, 0.1) is 6.10 Å². The molecule has 0 amide bonds. The van der Waals surface area contributed by atoms with E-state index in [1.165, 1.54) is 9.13 Å². The molecule has 0 aromatic heterocycles. The summed E-state index contributed by atoms with van der Waals surface area (Å²) in [4.78, 5) is 0. The van der Waals surface area contributed by atoms with Gasteiger partial charge >= 0.3 is 0 Å². The molecular weight excluding hydrogens is 327 g/mol. The summed E-state index contributed by atoms with van der Waals surface area (Å²) in [7, 11) is 0. The van der Waals surface area contributed by atoms with Crippen LogP contribution in [-0.2, 0) is 9.47 Å². The highest BCUT2D eigenvalue weighted by Gasteiger charge is 2.44. The van der Waals surface area contributed by atoms with Crippen molar-refractivity contribution in [2.75, 3.05) is 0 Å². The van der Waals surface area contributed by atoms with Gasteiger partial charge in [0.1, 0.15) is 6.10 Å². The molecule has 3 heteroatoms. The maximum atomic E-state index is 6.20. The lowest BCUT2D eigenvalue weighted by Gasteiger charge is -2.25. The summed E-state index contributed by atoms with van der Waals surface area (Å²) in [6.07, 6.45) is 1.97. The highest BCUT2D eigenvalue weighted by Crippen LogP contribution is 2.42. The molecular formula is C14H19IO2. The van der Waals surface area contributed by atoms with Gasteiger partial charge in [-0.15, -0.1) is 0 Å². The molecule has 2 atom stereocenters. The minimum Gasteiger partial charge on any atom is -0.344 e. The second-order valence-electron chi connectivity index (χ2n) is 4.50. The fourth-order valence-corrected chi connectivity index (χ4v) is 3.06. The van der Waals surface area contributed by atoms with Crippen molar-refractivity contribution in [3.05, 3.63) is 33.4 Å². The highest BCUT2D eigenvalue weighted by molar-refractivity contribution is 14.1. The summed E-state index contributed by atoms with van der Waals surface area (Å²) in [6.45, 7) is 6.34. The molecule has 17 heavy (non-hydrogen) atoms. The standard InChI is InChI=1S/C14H19IO2/c1-4-14(5-2)16-10(3)13(17-14)11-8-6-7-9-12(11)15/h6-10,13H,4-5H2,1-3H3/t10-,13+/m0/s1. The number of hydrogen-bond acceptors (Lipinski definition) is 2. The van der Waals surface area contributed by atoms with Crippen molar-refractivity contribution in [1.82, 2.24) is 0 Å². The maximum absolute atomic E-state index is 6.20. The van der Waals surface area contributed by atoms with Gasteiger partial charge in [-0.1, -0.05) is 32.0 Å². The third-order valence-electron chi connectivity index (χ3n) is 3.46. The summed E-state index contributed by atoms with van der Waals surface area (Å²) in [5, 5.41) is 0. The molecule has 0 aliphatic carbocycles. The molecule has 1 aliphatic rings. The smallest absolute Gasteiger partial charge is 0.169 e. The first kappa shape index (κ1) is 13.3. The van der Waals surface area contributed by atoms with E-state index in [-0.39, 0.29) is 18.0 Å². The molecule has 1 heterocycles. The van der Waals surface area contributed by atoms with E-state index in [9.17, 15) is 0 Å². The largest absolute Gasteiger partial charge is 0.344 e. The molecule has 2 nitrogen and oxygen atoms in total. The molecule has 94 valence electrons. The third-order valence-corrected chi connectivity index (χ3v) is 4.44. The summed E-state index contributed by atoms with van der Waals surface area (Å²) >= 11 is 2.36. The third kappa shape index (κ3) is 2.51. The van der Waals surface area contributed by atoms with E-state index in [1.54, 1.807) is 0 Å². The molecule has 1 saturated heterocycles. The van der Waals surface area contributed by atoms with Gasteiger partial charge in [0.25, 0.3) is 0 Å². The molecule has 0 N–H and O–H groups in total. The lowest BCUT2D eigenvalue weighted by Crippen LogP contribution is -2.28. The van der Waals surface area contributed by atoms with Crippen molar-refractivity contribution in [1.29, 1.82) is 0 Å².